The number of piperidine rings is 1. The number of amides is 1. The number of alkyl halides is 1. The summed E-state index contributed by atoms with van der Waals surface area (Å²) in [7, 11) is 0. The Balaban J connectivity index is 1.82. The summed E-state index contributed by atoms with van der Waals surface area (Å²) in [6.07, 6.45) is -0.748. The lowest BCUT2D eigenvalue weighted by Gasteiger charge is -2.32. The van der Waals surface area contributed by atoms with Crippen molar-refractivity contribution in [3.05, 3.63) is 35.9 Å². The van der Waals surface area contributed by atoms with Gasteiger partial charge in [-0.25, -0.2) is 9.18 Å². The van der Waals surface area contributed by atoms with E-state index in [2.05, 4.69) is 0 Å². The minimum atomic E-state index is -0.803. The van der Waals surface area contributed by atoms with Crippen LogP contribution < -0.4 is 0 Å². The van der Waals surface area contributed by atoms with Gasteiger partial charge in [0.05, 0.1) is 0 Å². The van der Waals surface area contributed by atoms with Gasteiger partial charge in [0.25, 0.3) is 0 Å². The fourth-order valence-corrected chi connectivity index (χ4v) is 2.09. The summed E-state index contributed by atoms with van der Waals surface area (Å²) in [5.41, 5.74) is 0.958. The zero-order chi connectivity index (χ0) is 13.0. The van der Waals surface area contributed by atoms with Crippen molar-refractivity contribution in [2.24, 2.45) is 5.92 Å². The van der Waals surface area contributed by atoms with E-state index in [1.807, 2.05) is 37.3 Å². The molecule has 0 N–H and O–H groups in total. The van der Waals surface area contributed by atoms with E-state index in [9.17, 15) is 9.18 Å². The fourth-order valence-electron chi connectivity index (χ4n) is 2.09. The average molecular weight is 251 g/mol. The van der Waals surface area contributed by atoms with E-state index < -0.39 is 6.17 Å². The van der Waals surface area contributed by atoms with Crippen molar-refractivity contribution in [2.75, 3.05) is 13.1 Å². The lowest BCUT2D eigenvalue weighted by atomic mass is 9.98. The molecule has 18 heavy (non-hydrogen) atoms. The predicted octanol–water partition coefficient (Wildman–Crippen LogP) is 3.00. The van der Waals surface area contributed by atoms with Gasteiger partial charge in [-0.1, -0.05) is 37.3 Å². The molecule has 0 radical (unpaired) electrons. The molecule has 1 aromatic rings. The summed E-state index contributed by atoms with van der Waals surface area (Å²) in [6, 6.07) is 9.53. The smallest absolute Gasteiger partial charge is 0.410 e. The Labute approximate surface area is 107 Å². The molecule has 1 saturated heterocycles. The summed E-state index contributed by atoms with van der Waals surface area (Å²) in [4.78, 5) is 13.4. The highest BCUT2D eigenvalue weighted by Gasteiger charge is 2.29. The first-order valence-electron chi connectivity index (χ1n) is 6.26. The van der Waals surface area contributed by atoms with Crippen LogP contribution in [0.5, 0.6) is 0 Å². The van der Waals surface area contributed by atoms with E-state index >= 15 is 0 Å². The molecule has 0 aliphatic carbocycles. The van der Waals surface area contributed by atoms with Crippen LogP contribution in [0.1, 0.15) is 18.9 Å². The Kier molecular flexibility index (Phi) is 4.18. The Bertz CT molecular complexity index is 396. The summed E-state index contributed by atoms with van der Waals surface area (Å²) in [5.74, 6) is -0.108. The SMILES string of the molecule is CC1CN(C(=O)OCc2ccccc2)CCC1F. The van der Waals surface area contributed by atoms with Crippen LogP contribution in [0.4, 0.5) is 9.18 Å². The predicted molar refractivity (Wildman–Crippen MR) is 66.9 cm³/mol. The number of benzene rings is 1. The largest absolute Gasteiger partial charge is 0.445 e. The van der Waals surface area contributed by atoms with Crippen molar-refractivity contribution >= 4 is 6.09 Å². The number of rotatable bonds is 2. The minimum Gasteiger partial charge on any atom is -0.445 e. The van der Waals surface area contributed by atoms with Gasteiger partial charge < -0.3 is 9.64 Å². The number of likely N-dealkylation sites (tertiary alicyclic amines) is 1. The Hall–Kier alpha value is -1.58. The van der Waals surface area contributed by atoms with Crippen LogP contribution >= 0.6 is 0 Å². The maximum absolute atomic E-state index is 13.3. The van der Waals surface area contributed by atoms with Gasteiger partial charge in [0.1, 0.15) is 12.8 Å². The zero-order valence-electron chi connectivity index (χ0n) is 10.5. The third-order valence-corrected chi connectivity index (χ3v) is 3.26. The van der Waals surface area contributed by atoms with E-state index in [0.717, 1.165) is 5.56 Å². The summed E-state index contributed by atoms with van der Waals surface area (Å²) >= 11 is 0. The van der Waals surface area contributed by atoms with E-state index in [4.69, 9.17) is 4.74 Å². The molecule has 1 heterocycles. The van der Waals surface area contributed by atoms with Crippen molar-refractivity contribution in [1.82, 2.24) is 4.90 Å². The molecule has 2 unspecified atom stereocenters. The van der Waals surface area contributed by atoms with E-state index in [1.165, 1.54) is 0 Å². The molecule has 1 amide bonds. The van der Waals surface area contributed by atoms with Crippen LogP contribution in [0.15, 0.2) is 30.3 Å². The Morgan fingerprint density at radius 2 is 2.17 bits per heavy atom. The number of nitrogens with zero attached hydrogens (tertiary/aromatic N) is 1. The Morgan fingerprint density at radius 3 is 2.83 bits per heavy atom. The van der Waals surface area contributed by atoms with Gasteiger partial charge >= 0.3 is 6.09 Å². The van der Waals surface area contributed by atoms with Crippen molar-refractivity contribution in [2.45, 2.75) is 26.1 Å². The molecule has 1 aliphatic rings. The first-order chi connectivity index (χ1) is 8.66. The van der Waals surface area contributed by atoms with E-state index in [0.29, 0.717) is 19.5 Å². The average Bonchev–Trinajstić information content (AvgIpc) is 2.40. The molecule has 1 aliphatic heterocycles. The van der Waals surface area contributed by atoms with Gasteiger partial charge in [0.15, 0.2) is 0 Å². The maximum atomic E-state index is 13.3. The van der Waals surface area contributed by atoms with Crippen LogP contribution in [0.3, 0.4) is 0 Å². The van der Waals surface area contributed by atoms with Gasteiger partial charge in [-0.2, -0.15) is 0 Å². The number of halogens is 1. The first-order valence-corrected chi connectivity index (χ1v) is 6.26. The molecule has 0 bridgehead atoms. The summed E-state index contributed by atoms with van der Waals surface area (Å²) in [6.45, 7) is 2.97. The quantitative estimate of drug-likeness (QED) is 0.808. The maximum Gasteiger partial charge on any atom is 0.410 e. The highest BCUT2D eigenvalue weighted by molar-refractivity contribution is 5.67. The molecule has 98 valence electrons. The molecule has 2 atom stereocenters. The van der Waals surface area contributed by atoms with Gasteiger partial charge in [0.2, 0.25) is 0 Å². The molecule has 0 saturated carbocycles. The second-order valence-electron chi connectivity index (χ2n) is 4.77. The lowest BCUT2D eigenvalue weighted by Crippen LogP contribution is -2.43. The normalized spacial score (nSPS) is 23.8. The summed E-state index contributed by atoms with van der Waals surface area (Å²) in [5, 5.41) is 0. The molecule has 1 aromatic carbocycles. The van der Waals surface area contributed by atoms with Crippen LogP contribution in [0.25, 0.3) is 0 Å². The highest BCUT2D eigenvalue weighted by Crippen LogP contribution is 2.20. The molecular formula is C14H18FNO2. The minimum absolute atomic E-state index is 0.108. The second-order valence-corrected chi connectivity index (χ2v) is 4.77. The number of carbonyl (C=O) groups is 1. The number of carbonyl (C=O) groups excluding carboxylic acids is 1. The molecule has 0 spiro atoms. The van der Waals surface area contributed by atoms with Gasteiger partial charge in [-0.05, 0) is 12.0 Å². The zero-order valence-corrected chi connectivity index (χ0v) is 10.5. The van der Waals surface area contributed by atoms with E-state index in [-0.39, 0.29) is 18.6 Å². The third kappa shape index (κ3) is 3.22. The molecule has 0 aromatic heterocycles. The number of ether oxygens (including phenoxy) is 1. The second kappa shape index (κ2) is 5.85. The third-order valence-electron chi connectivity index (χ3n) is 3.26. The number of hydrogen-bond donors (Lipinski definition) is 0. The van der Waals surface area contributed by atoms with Crippen molar-refractivity contribution in [3.8, 4) is 0 Å². The van der Waals surface area contributed by atoms with Crippen molar-refractivity contribution in [1.29, 1.82) is 0 Å². The summed E-state index contributed by atoms with van der Waals surface area (Å²) < 4.78 is 18.5. The van der Waals surface area contributed by atoms with Gasteiger partial charge in [0, 0.05) is 19.0 Å². The highest BCUT2D eigenvalue weighted by atomic mass is 19.1. The van der Waals surface area contributed by atoms with Crippen LogP contribution in [-0.4, -0.2) is 30.3 Å². The van der Waals surface area contributed by atoms with Crippen molar-refractivity contribution < 1.29 is 13.9 Å². The van der Waals surface area contributed by atoms with Crippen LogP contribution in [-0.2, 0) is 11.3 Å². The molecule has 4 heteroatoms. The van der Waals surface area contributed by atoms with E-state index in [1.54, 1.807) is 4.90 Å². The molecular weight excluding hydrogens is 233 g/mol. The van der Waals surface area contributed by atoms with Crippen LogP contribution in [0, 0.1) is 5.92 Å². The van der Waals surface area contributed by atoms with Crippen LogP contribution in [0.2, 0.25) is 0 Å². The topological polar surface area (TPSA) is 29.5 Å². The molecule has 3 nitrogen and oxygen atoms in total. The fraction of sp³-hybridized carbons (Fsp3) is 0.500. The number of hydrogen-bond acceptors (Lipinski definition) is 2. The first kappa shape index (κ1) is 12.9. The van der Waals surface area contributed by atoms with Gasteiger partial charge in [-0.3, -0.25) is 0 Å². The van der Waals surface area contributed by atoms with Gasteiger partial charge in [-0.15, -0.1) is 0 Å². The standard InChI is InChI=1S/C14H18FNO2/c1-11-9-16(8-7-13(11)15)14(17)18-10-12-5-3-2-4-6-12/h2-6,11,13H,7-10H2,1H3. The Morgan fingerprint density at radius 1 is 1.44 bits per heavy atom. The lowest BCUT2D eigenvalue weighted by molar-refractivity contribution is 0.0583. The molecule has 1 fully saturated rings. The van der Waals surface area contributed by atoms with Crippen molar-refractivity contribution in [3.63, 3.8) is 0 Å². The monoisotopic (exact) mass is 251 g/mol. The molecule has 2 rings (SSSR count).